The molecule has 20 heavy (non-hydrogen) atoms. The third kappa shape index (κ3) is 2.13. The zero-order valence-corrected chi connectivity index (χ0v) is 11.8. The molecule has 1 amide bonds. The number of hydrogen-bond acceptors (Lipinski definition) is 3. The summed E-state index contributed by atoms with van der Waals surface area (Å²) in [5, 5.41) is 17.2. The number of phenols is 1. The van der Waals surface area contributed by atoms with Gasteiger partial charge in [0.15, 0.2) is 0 Å². The highest BCUT2D eigenvalue weighted by Crippen LogP contribution is 2.42. The number of nitrogens with zero attached hydrogens (tertiary/aromatic N) is 2. The monoisotopic (exact) mass is 311 g/mol. The highest BCUT2D eigenvalue weighted by Gasteiger charge is 2.35. The predicted octanol–water partition coefficient (Wildman–Crippen LogP) is 2.94. The SMILES string of the molecule is O=C1CC(c2c(O)ccc(Cl)c2Cl)CN1c1cn[nH]c1. The molecule has 5 nitrogen and oxygen atoms in total. The van der Waals surface area contributed by atoms with Gasteiger partial charge in [0.1, 0.15) is 5.75 Å². The second-order valence-corrected chi connectivity index (χ2v) is 5.44. The first-order valence-corrected chi connectivity index (χ1v) is 6.79. The van der Waals surface area contributed by atoms with Crippen molar-refractivity contribution in [3.63, 3.8) is 0 Å². The van der Waals surface area contributed by atoms with E-state index in [-0.39, 0.29) is 24.0 Å². The average Bonchev–Trinajstić information content (AvgIpc) is 3.04. The van der Waals surface area contributed by atoms with Gasteiger partial charge < -0.3 is 10.0 Å². The second kappa shape index (κ2) is 5.00. The number of carbonyl (C=O) groups is 1. The van der Waals surface area contributed by atoms with E-state index in [1.54, 1.807) is 17.3 Å². The number of benzene rings is 1. The molecule has 1 atom stereocenters. The number of aromatic hydroxyl groups is 1. The van der Waals surface area contributed by atoms with E-state index in [9.17, 15) is 9.90 Å². The first-order valence-electron chi connectivity index (χ1n) is 6.04. The molecule has 104 valence electrons. The van der Waals surface area contributed by atoms with Gasteiger partial charge in [0.2, 0.25) is 5.91 Å². The Morgan fingerprint density at radius 1 is 1.40 bits per heavy atom. The van der Waals surface area contributed by atoms with Crippen LogP contribution in [0.4, 0.5) is 5.69 Å². The molecule has 0 saturated carbocycles. The van der Waals surface area contributed by atoms with Crippen molar-refractivity contribution in [2.75, 3.05) is 11.4 Å². The van der Waals surface area contributed by atoms with Gasteiger partial charge in [-0.3, -0.25) is 9.89 Å². The summed E-state index contributed by atoms with van der Waals surface area (Å²) in [6.45, 7) is 0.436. The van der Waals surface area contributed by atoms with Crippen LogP contribution in [0.25, 0.3) is 0 Å². The molecule has 2 N–H and O–H groups in total. The third-order valence-corrected chi connectivity index (χ3v) is 4.26. The zero-order valence-electron chi connectivity index (χ0n) is 10.3. The van der Waals surface area contributed by atoms with E-state index in [1.165, 1.54) is 12.1 Å². The minimum atomic E-state index is -0.191. The number of H-pyrrole nitrogens is 1. The van der Waals surface area contributed by atoms with Crippen LogP contribution in [0, 0.1) is 0 Å². The van der Waals surface area contributed by atoms with Crippen LogP contribution >= 0.6 is 23.2 Å². The molecule has 2 aromatic rings. The Bertz CT molecular complexity index is 658. The summed E-state index contributed by atoms with van der Waals surface area (Å²) < 4.78 is 0. The fourth-order valence-corrected chi connectivity index (χ4v) is 2.97. The largest absolute Gasteiger partial charge is 0.508 e. The molecular formula is C13H11Cl2N3O2. The normalized spacial score (nSPS) is 18.8. The summed E-state index contributed by atoms with van der Waals surface area (Å²) in [6, 6.07) is 3.03. The Labute approximate surface area is 125 Å². The minimum absolute atomic E-state index is 0.0353. The third-order valence-electron chi connectivity index (χ3n) is 3.44. The molecule has 2 heterocycles. The number of phenolic OH excluding ortho intramolecular Hbond substituents is 1. The van der Waals surface area contributed by atoms with Crippen molar-refractivity contribution < 1.29 is 9.90 Å². The fourth-order valence-electron chi connectivity index (χ4n) is 2.49. The lowest BCUT2D eigenvalue weighted by Gasteiger charge is -2.16. The molecule has 0 radical (unpaired) electrons. The molecule has 1 unspecified atom stereocenters. The lowest BCUT2D eigenvalue weighted by Crippen LogP contribution is -2.23. The van der Waals surface area contributed by atoms with Crippen molar-refractivity contribution >= 4 is 34.8 Å². The summed E-state index contributed by atoms with van der Waals surface area (Å²) in [7, 11) is 0. The van der Waals surface area contributed by atoms with Gasteiger partial charge in [-0.1, -0.05) is 23.2 Å². The van der Waals surface area contributed by atoms with E-state index >= 15 is 0 Å². The molecule has 1 aromatic carbocycles. The lowest BCUT2D eigenvalue weighted by atomic mass is 9.97. The van der Waals surface area contributed by atoms with Gasteiger partial charge in [-0.25, -0.2) is 0 Å². The Morgan fingerprint density at radius 2 is 2.20 bits per heavy atom. The summed E-state index contributed by atoms with van der Waals surface area (Å²) in [5.41, 5.74) is 1.23. The number of hydrogen-bond donors (Lipinski definition) is 2. The Balaban J connectivity index is 1.94. The first kappa shape index (κ1) is 13.3. The van der Waals surface area contributed by atoms with Crippen LogP contribution in [0.3, 0.4) is 0 Å². The maximum Gasteiger partial charge on any atom is 0.227 e. The van der Waals surface area contributed by atoms with Gasteiger partial charge in [0.25, 0.3) is 0 Å². The maximum atomic E-state index is 12.1. The molecule has 0 aliphatic carbocycles. The molecule has 0 spiro atoms. The molecule has 1 saturated heterocycles. The average molecular weight is 312 g/mol. The van der Waals surface area contributed by atoms with Crippen LogP contribution in [0.2, 0.25) is 10.0 Å². The summed E-state index contributed by atoms with van der Waals surface area (Å²) in [6.07, 6.45) is 3.51. The van der Waals surface area contributed by atoms with E-state index < -0.39 is 0 Å². The van der Waals surface area contributed by atoms with Gasteiger partial charge in [-0.2, -0.15) is 5.10 Å². The van der Waals surface area contributed by atoms with E-state index in [0.29, 0.717) is 27.8 Å². The molecular weight excluding hydrogens is 301 g/mol. The topological polar surface area (TPSA) is 69.2 Å². The second-order valence-electron chi connectivity index (χ2n) is 4.66. The number of halogens is 2. The molecule has 1 aliphatic rings. The van der Waals surface area contributed by atoms with Crippen LogP contribution in [0.15, 0.2) is 24.5 Å². The smallest absolute Gasteiger partial charge is 0.227 e. The van der Waals surface area contributed by atoms with Gasteiger partial charge in [-0.05, 0) is 12.1 Å². The van der Waals surface area contributed by atoms with E-state index in [2.05, 4.69) is 10.2 Å². The number of aromatic amines is 1. The summed E-state index contributed by atoms with van der Waals surface area (Å²) in [4.78, 5) is 13.7. The van der Waals surface area contributed by atoms with Gasteiger partial charge in [0.05, 0.1) is 21.9 Å². The molecule has 3 rings (SSSR count). The molecule has 1 fully saturated rings. The van der Waals surface area contributed by atoms with Gasteiger partial charge >= 0.3 is 0 Å². The highest BCUT2D eigenvalue weighted by molar-refractivity contribution is 6.42. The Kier molecular flexibility index (Phi) is 3.31. The number of carbonyl (C=O) groups excluding carboxylic acids is 1. The lowest BCUT2D eigenvalue weighted by molar-refractivity contribution is -0.117. The van der Waals surface area contributed by atoms with Crippen molar-refractivity contribution in [3.05, 3.63) is 40.1 Å². The fraction of sp³-hybridized carbons (Fsp3) is 0.231. The number of aromatic nitrogens is 2. The van der Waals surface area contributed by atoms with Crippen LogP contribution in [-0.2, 0) is 4.79 Å². The molecule has 1 aliphatic heterocycles. The van der Waals surface area contributed by atoms with Crippen molar-refractivity contribution in [1.29, 1.82) is 0 Å². The molecule has 0 bridgehead atoms. The zero-order chi connectivity index (χ0) is 14.3. The van der Waals surface area contributed by atoms with Crippen LogP contribution in [0.5, 0.6) is 5.75 Å². The standard InChI is InChI=1S/C13H11Cl2N3O2/c14-9-1-2-10(19)12(13(9)15)7-3-11(20)18(6-7)8-4-16-17-5-8/h1-2,4-5,7,19H,3,6H2,(H,16,17). The van der Waals surface area contributed by atoms with E-state index in [1.807, 2.05) is 0 Å². The highest BCUT2D eigenvalue weighted by atomic mass is 35.5. The van der Waals surface area contributed by atoms with E-state index in [4.69, 9.17) is 23.2 Å². The predicted molar refractivity (Wildman–Crippen MR) is 76.4 cm³/mol. The Hall–Kier alpha value is -1.72. The van der Waals surface area contributed by atoms with Crippen LogP contribution < -0.4 is 4.90 Å². The van der Waals surface area contributed by atoms with E-state index in [0.717, 1.165) is 0 Å². The Morgan fingerprint density at radius 3 is 2.90 bits per heavy atom. The van der Waals surface area contributed by atoms with Crippen LogP contribution in [0.1, 0.15) is 17.9 Å². The quantitative estimate of drug-likeness (QED) is 0.896. The van der Waals surface area contributed by atoms with Crippen molar-refractivity contribution in [3.8, 4) is 5.75 Å². The maximum absolute atomic E-state index is 12.1. The van der Waals surface area contributed by atoms with Gasteiger partial charge in [-0.15, -0.1) is 0 Å². The number of nitrogens with one attached hydrogen (secondary N) is 1. The molecule has 1 aromatic heterocycles. The molecule has 7 heteroatoms. The number of rotatable bonds is 2. The van der Waals surface area contributed by atoms with Crippen molar-refractivity contribution in [1.82, 2.24) is 10.2 Å². The van der Waals surface area contributed by atoms with Crippen molar-refractivity contribution in [2.24, 2.45) is 0 Å². The summed E-state index contributed by atoms with van der Waals surface area (Å²) >= 11 is 12.1. The summed E-state index contributed by atoms with van der Waals surface area (Å²) in [5.74, 6) is -0.165. The number of amides is 1. The van der Waals surface area contributed by atoms with Crippen molar-refractivity contribution in [2.45, 2.75) is 12.3 Å². The van der Waals surface area contributed by atoms with Gasteiger partial charge in [0, 0.05) is 30.6 Å². The minimum Gasteiger partial charge on any atom is -0.508 e. The first-order chi connectivity index (χ1) is 9.58. The van der Waals surface area contributed by atoms with Crippen LogP contribution in [-0.4, -0.2) is 27.8 Å². The number of anilines is 1.